The van der Waals surface area contributed by atoms with E-state index in [2.05, 4.69) is 27.5 Å². The molecule has 6 rings (SSSR count). The largest absolute Gasteiger partial charge is 0.346 e. The molecule has 1 fully saturated rings. The van der Waals surface area contributed by atoms with Crippen LogP contribution >= 0.6 is 11.3 Å². The molecule has 0 spiro atoms. The molecule has 0 bridgehead atoms. The van der Waals surface area contributed by atoms with Crippen LogP contribution in [0.2, 0.25) is 0 Å². The first-order valence-corrected chi connectivity index (χ1v) is 11.4. The molecule has 0 unspecified atom stereocenters. The monoisotopic (exact) mass is 417 g/mol. The number of aromatic amines is 1. The molecular weight excluding hydrogens is 394 g/mol. The van der Waals surface area contributed by atoms with Gasteiger partial charge in [-0.3, -0.25) is 9.13 Å². The number of fused-ring (bicyclic) bond motifs is 4. The summed E-state index contributed by atoms with van der Waals surface area (Å²) in [5.74, 6) is 0.486. The zero-order valence-corrected chi connectivity index (χ0v) is 17.7. The lowest BCUT2D eigenvalue weighted by Crippen LogP contribution is -2.32. The van der Waals surface area contributed by atoms with Crippen molar-refractivity contribution in [2.45, 2.75) is 45.2 Å². The number of nitrogens with one attached hydrogen (secondary N) is 1. The molecule has 0 amide bonds. The van der Waals surface area contributed by atoms with E-state index >= 15 is 0 Å². The van der Waals surface area contributed by atoms with Gasteiger partial charge in [-0.2, -0.15) is 0 Å². The number of hydrogen-bond acceptors (Lipinski definition) is 4. The van der Waals surface area contributed by atoms with E-state index in [1.165, 1.54) is 19.3 Å². The van der Waals surface area contributed by atoms with Gasteiger partial charge < -0.3 is 4.98 Å². The average molecular weight is 418 g/mol. The van der Waals surface area contributed by atoms with Gasteiger partial charge in [-0.1, -0.05) is 31.9 Å². The summed E-state index contributed by atoms with van der Waals surface area (Å²) in [6.45, 7) is 2.75. The molecule has 1 aromatic carbocycles. The van der Waals surface area contributed by atoms with Gasteiger partial charge in [-0.15, -0.1) is 11.3 Å². The van der Waals surface area contributed by atoms with Crippen LogP contribution in [0, 0.1) is 5.92 Å². The summed E-state index contributed by atoms with van der Waals surface area (Å²) in [4.78, 5) is 26.3. The molecule has 1 N–H and O–H groups in total. The van der Waals surface area contributed by atoms with Gasteiger partial charge in [-0.25, -0.2) is 14.8 Å². The van der Waals surface area contributed by atoms with Crippen LogP contribution in [-0.2, 0) is 6.54 Å². The van der Waals surface area contributed by atoms with E-state index < -0.39 is 0 Å². The molecule has 1 aliphatic carbocycles. The SMILES string of the molecule is C[C@@H]1CCCC[C@@H]1n1c(=O)n(Cc2nc3ccccc3s2)c2cnc3[nH]ccc3c21. The van der Waals surface area contributed by atoms with Gasteiger partial charge in [0.1, 0.15) is 10.7 Å². The maximum atomic E-state index is 13.8. The van der Waals surface area contributed by atoms with Crippen molar-refractivity contribution in [1.29, 1.82) is 0 Å². The summed E-state index contributed by atoms with van der Waals surface area (Å²) in [5, 5.41) is 1.97. The second-order valence-corrected chi connectivity index (χ2v) is 9.49. The summed E-state index contributed by atoms with van der Waals surface area (Å²) < 4.78 is 5.08. The van der Waals surface area contributed by atoms with Crippen molar-refractivity contribution in [3.63, 3.8) is 0 Å². The van der Waals surface area contributed by atoms with Crippen molar-refractivity contribution in [3.8, 4) is 0 Å². The van der Waals surface area contributed by atoms with E-state index in [0.29, 0.717) is 12.5 Å². The van der Waals surface area contributed by atoms with Crippen molar-refractivity contribution in [1.82, 2.24) is 24.1 Å². The maximum absolute atomic E-state index is 13.8. The minimum Gasteiger partial charge on any atom is -0.346 e. The molecule has 0 radical (unpaired) electrons. The van der Waals surface area contributed by atoms with Crippen LogP contribution in [-0.4, -0.2) is 24.1 Å². The van der Waals surface area contributed by atoms with Gasteiger partial charge in [0.2, 0.25) is 0 Å². The first kappa shape index (κ1) is 17.9. The molecular formula is C23H23N5OS. The Morgan fingerprint density at radius 1 is 1.20 bits per heavy atom. The second-order valence-electron chi connectivity index (χ2n) is 8.38. The predicted octanol–water partition coefficient (Wildman–Crippen LogP) is 5.09. The van der Waals surface area contributed by atoms with Crippen LogP contribution in [0.15, 0.2) is 47.5 Å². The molecule has 6 nitrogen and oxygen atoms in total. The van der Waals surface area contributed by atoms with E-state index in [1.54, 1.807) is 11.3 Å². The normalized spacial score (nSPS) is 19.9. The number of hydrogen-bond donors (Lipinski definition) is 1. The highest BCUT2D eigenvalue weighted by molar-refractivity contribution is 7.18. The minimum atomic E-state index is 0.0542. The standard InChI is InChI=1S/C23H23N5OS/c1-14-6-2-4-8-17(14)28-21-15-10-11-24-22(15)25-12-18(21)27(23(28)29)13-20-26-16-7-3-5-9-19(16)30-20/h3,5,7,9-12,14,17H,2,4,6,8,13H2,1H3,(H,24,25)/t14-,17+/m1/s1. The molecule has 1 saturated carbocycles. The number of nitrogens with zero attached hydrogens (tertiary/aromatic N) is 4. The van der Waals surface area contributed by atoms with E-state index in [-0.39, 0.29) is 11.7 Å². The molecule has 30 heavy (non-hydrogen) atoms. The smallest absolute Gasteiger partial charge is 0.329 e. The van der Waals surface area contributed by atoms with Gasteiger partial charge in [0, 0.05) is 17.6 Å². The number of thiazole rings is 1. The lowest BCUT2D eigenvalue weighted by Gasteiger charge is -2.29. The van der Waals surface area contributed by atoms with Gasteiger partial charge in [-0.05, 0) is 37.0 Å². The van der Waals surface area contributed by atoms with Crippen molar-refractivity contribution >= 4 is 43.6 Å². The third kappa shape index (κ3) is 2.65. The van der Waals surface area contributed by atoms with E-state index in [9.17, 15) is 4.79 Å². The van der Waals surface area contributed by atoms with Crippen LogP contribution in [0.3, 0.4) is 0 Å². The zero-order valence-electron chi connectivity index (χ0n) is 16.8. The summed E-state index contributed by atoms with van der Waals surface area (Å²) in [7, 11) is 0. The van der Waals surface area contributed by atoms with Crippen LogP contribution in [0.4, 0.5) is 0 Å². The summed E-state index contributed by atoms with van der Waals surface area (Å²) in [5.41, 5.74) is 3.77. The summed E-state index contributed by atoms with van der Waals surface area (Å²) in [6.07, 6.45) is 8.39. The highest BCUT2D eigenvalue weighted by atomic mass is 32.1. The maximum Gasteiger partial charge on any atom is 0.329 e. The highest BCUT2D eigenvalue weighted by Gasteiger charge is 2.29. The van der Waals surface area contributed by atoms with E-state index in [1.807, 2.05) is 41.2 Å². The van der Waals surface area contributed by atoms with Gasteiger partial charge >= 0.3 is 5.69 Å². The number of H-pyrrole nitrogens is 1. The summed E-state index contributed by atoms with van der Waals surface area (Å²) in [6, 6.07) is 10.4. The fourth-order valence-electron chi connectivity index (χ4n) is 5.03. The Labute approximate surface area is 177 Å². The first-order valence-electron chi connectivity index (χ1n) is 10.6. The van der Waals surface area contributed by atoms with Gasteiger partial charge in [0.25, 0.3) is 0 Å². The molecule has 0 aliphatic heterocycles. The molecule has 5 aromatic rings. The second kappa shape index (κ2) is 6.80. The Hall–Kier alpha value is -2.93. The van der Waals surface area contributed by atoms with Crippen LogP contribution in [0.5, 0.6) is 0 Å². The van der Waals surface area contributed by atoms with Crippen molar-refractivity contribution in [2.24, 2.45) is 5.92 Å². The number of aromatic nitrogens is 5. The van der Waals surface area contributed by atoms with Crippen LogP contribution < -0.4 is 5.69 Å². The quantitative estimate of drug-likeness (QED) is 0.445. The fraction of sp³-hybridized carbons (Fsp3) is 0.348. The van der Waals surface area contributed by atoms with Gasteiger partial charge in [0.05, 0.1) is 34.0 Å². The van der Waals surface area contributed by atoms with E-state index in [4.69, 9.17) is 4.98 Å². The minimum absolute atomic E-state index is 0.0542. The fourth-order valence-corrected chi connectivity index (χ4v) is 5.98. The Kier molecular flexibility index (Phi) is 4.06. The van der Waals surface area contributed by atoms with Crippen molar-refractivity contribution in [2.75, 3.05) is 0 Å². The number of imidazole rings is 1. The van der Waals surface area contributed by atoms with Gasteiger partial charge in [0.15, 0.2) is 0 Å². The molecule has 4 aromatic heterocycles. The lowest BCUT2D eigenvalue weighted by atomic mass is 9.85. The van der Waals surface area contributed by atoms with Crippen LogP contribution in [0.25, 0.3) is 32.3 Å². The lowest BCUT2D eigenvalue weighted by molar-refractivity contribution is 0.256. The third-order valence-electron chi connectivity index (χ3n) is 6.54. The van der Waals surface area contributed by atoms with Crippen LogP contribution in [0.1, 0.15) is 43.7 Å². The number of benzene rings is 1. The Morgan fingerprint density at radius 2 is 2.07 bits per heavy atom. The average Bonchev–Trinajstić information content (AvgIpc) is 3.45. The Bertz CT molecular complexity index is 1410. The molecule has 4 heterocycles. The predicted molar refractivity (Wildman–Crippen MR) is 121 cm³/mol. The summed E-state index contributed by atoms with van der Waals surface area (Å²) >= 11 is 1.65. The molecule has 7 heteroatoms. The Morgan fingerprint density at radius 3 is 2.93 bits per heavy atom. The van der Waals surface area contributed by atoms with Crippen molar-refractivity contribution < 1.29 is 0 Å². The van der Waals surface area contributed by atoms with E-state index in [0.717, 1.165) is 43.7 Å². The molecule has 152 valence electrons. The molecule has 0 saturated heterocycles. The number of pyridine rings is 1. The highest BCUT2D eigenvalue weighted by Crippen LogP contribution is 2.36. The number of rotatable bonds is 3. The first-order chi connectivity index (χ1) is 14.7. The zero-order chi connectivity index (χ0) is 20.2. The third-order valence-corrected chi connectivity index (χ3v) is 7.56. The topological polar surface area (TPSA) is 68.5 Å². The molecule has 2 atom stereocenters. The number of para-hydroxylation sites is 1. The molecule has 1 aliphatic rings. The van der Waals surface area contributed by atoms with Crippen molar-refractivity contribution in [3.05, 3.63) is 58.2 Å². The Balaban J connectivity index is 1.58.